The van der Waals surface area contributed by atoms with Crippen LogP contribution < -0.4 is 5.32 Å². The summed E-state index contributed by atoms with van der Waals surface area (Å²) in [5.41, 5.74) is 0. The van der Waals surface area contributed by atoms with E-state index in [1.165, 1.54) is 0 Å². The summed E-state index contributed by atoms with van der Waals surface area (Å²) >= 11 is 0. The zero-order valence-corrected chi connectivity index (χ0v) is 8.56. The Morgan fingerprint density at radius 2 is 2.50 bits per heavy atom. The molecule has 1 rings (SSSR count). The lowest BCUT2D eigenvalue weighted by Gasteiger charge is -2.10. The van der Waals surface area contributed by atoms with Crippen molar-refractivity contribution in [3.8, 4) is 6.07 Å². The zero-order chi connectivity index (χ0) is 10.4. The largest absolute Gasteiger partial charge is 0.317 e. The Kier molecular flexibility index (Phi) is 4.08. The predicted octanol–water partition coefficient (Wildman–Crippen LogP) is 0.395. The number of nitrogens with zero attached hydrogens (tertiary/aromatic N) is 4. The van der Waals surface area contributed by atoms with Gasteiger partial charge >= 0.3 is 0 Å². The minimum absolute atomic E-state index is 0.237. The maximum Gasteiger partial charge on any atom is 0.252 e. The average molecular weight is 193 g/mol. The van der Waals surface area contributed by atoms with E-state index >= 15 is 0 Å². The van der Waals surface area contributed by atoms with Gasteiger partial charge in [0.2, 0.25) is 0 Å². The van der Waals surface area contributed by atoms with Crippen LogP contribution >= 0.6 is 0 Å². The third-order valence-electron chi connectivity index (χ3n) is 1.88. The minimum Gasteiger partial charge on any atom is -0.317 e. The summed E-state index contributed by atoms with van der Waals surface area (Å²) in [5.74, 6) is 0.726. The molecule has 14 heavy (non-hydrogen) atoms. The second-order valence-electron chi connectivity index (χ2n) is 3.31. The van der Waals surface area contributed by atoms with Gasteiger partial charge in [0.1, 0.15) is 12.4 Å². The molecule has 0 spiro atoms. The molecule has 0 aliphatic heterocycles. The van der Waals surface area contributed by atoms with Crippen molar-refractivity contribution >= 4 is 0 Å². The molecule has 0 aliphatic carbocycles. The molecule has 0 fully saturated rings. The Morgan fingerprint density at radius 1 is 1.71 bits per heavy atom. The molecule has 1 aromatic rings. The number of aromatic nitrogens is 3. The molecular weight excluding hydrogens is 178 g/mol. The van der Waals surface area contributed by atoms with Crippen molar-refractivity contribution in [1.29, 1.82) is 5.26 Å². The summed E-state index contributed by atoms with van der Waals surface area (Å²) < 4.78 is 1.71. The smallest absolute Gasteiger partial charge is 0.252 e. The van der Waals surface area contributed by atoms with Crippen molar-refractivity contribution in [3.05, 3.63) is 12.2 Å². The Bertz CT molecular complexity index is 311. The van der Waals surface area contributed by atoms with E-state index in [2.05, 4.69) is 29.2 Å². The van der Waals surface area contributed by atoms with Crippen LogP contribution in [0.3, 0.4) is 0 Å². The monoisotopic (exact) mass is 193 g/mol. The molecule has 1 N–H and O–H groups in total. The molecule has 0 radical (unpaired) electrons. The second kappa shape index (κ2) is 5.35. The van der Waals surface area contributed by atoms with E-state index in [0.29, 0.717) is 5.92 Å². The maximum absolute atomic E-state index is 8.53. The summed E-state index contributed by atoms with van der Waals surface area (Å²) in [5, 5.41) is 15.8. The highest BCUT2D eigenvalue weighted by Gasteiger charge is 2.04. The molecular formula is C9H15N5. The average Bonchev–Trinajstić information content (AvgIpc) is 2.62. The van der Waals surface area contributed by atoms with Gasteiger partial charge in [-0.25, -0.2) is 4.98 Å². The molecule has 0 bridgehead atoms. The minimum atomic E-state index is 0.237. The summed E-state index contributed by atoms with van der Waals surface area (Å²) in [6.45, 7) is 6.94. The van der Waals surface area contributed by atoms with Gasteiger partial charge in [0.05, 0.1) is 0 Å². The van der Waals surface area contributed by atoms with Crippen molar-refractivity contribution in [1.82, 2.24) is 20.1 Å². The highest BCUT2D eigenvalue weighted by atomic mass is 15.3. The molecule has 5 heteroatoms. The lowest BCUT2D eigenvalue weighted by atomic mass is 10.2. The third-order valence-corrected chi connectivity index (χ3v) is 1.88. The van der Waals surface area contributed by atoms with Crippen molar-refractivity contribution in [3.63, 3.8) is 0 Å². The zero-order valence-electron chi connectivity index (χ0n) is 8.56. The van der Waals surface area contributed by atoms with Crippen LogP contribution in [-0.2, 0) is 6.54 Å². The first-order valence-corrected chi connectivity index (χ1v) is 4.76. The highest BCUT2D eigenvalue weighted by molar-refractivity contribution is 5.05. The number of hydrogen-bond donors (Lipinski definition) is 1. The third kappa shape index (κ3) is 3.15. The fraction of sp³-hybridized carbons (Fsp3) is 0.667. The fourth-order valence-electron chi connectivity index (χ4n) is 1.21. The van der Waals surface area contributed by atoms with Crippen LogP contribution in [0.4, 0.5) is 0 Å². The summed E-state index contributed by atoms with van der Waals surface area (Å²) in [4.78, 5) is 3.84. The molecule has 1 unspecified atom stereocenters. The van der Waals surface area contributed by atoms with Crippen LogP contribution in [0.15, 0.2) is 6.33 Å². The van der Waals surface area contributed by atoms with Crippen LogP contribution in [-0.4, -0.2) is 27.9 Å². The summed E-state index contributed by atoms with van der Waals surface area (Å²) in [6, 6.07) is 1.91. The van der Waals surface area contributed by atoms with Gasteiger partial charge in [-0.05, 0) is 19.0 Å². The maximum atomic E-state index is 8.53. The number of nitrogens with one attached hydrogen (secondary N) is 1. The molecule has 0 aromatic carbocycles. The van der Waals surface area contributed by atoms with Crippen molar-refractivity contribution in [2.45, 2.75) is 20.4 Å². The van der Waals surface area contributed by atoms with Gasteiger partial charge in [0, 0.05) is 6.54 Å². The predicted molar refractivity (Wildman–Crippen MR) is 52.4 cm³/mol. The van der Waals surface area contributed by atoms with Gasteiger partial charge < -0.3 is 5.32 Å². The lowest BCUT2D eigenvalue weighted by Crippen LogP contribution is -2.24. The Balaban J connectivity index is 2.40. The summed E-state index contributed by atoms with van der Waals surface area (Å²) in [6.07, 6.45) is 1.60. The molecule has 0 amide bonds. The van der Waals surface area contributed by atoms with E-state index in [-0.39, 0.29) is 5.82 Å². The van der Waals surface area contributed by atoms with E-state index < -0.39 is 0 Å². The van der Waals surface area contributed by atoms with Crippen molar-refractivity contribution < 1.29 is 0 Å². The molecule has 0 saturated heterocycles. The van der Waals surface area contributed by atoms with Crippen molar-refractivity contribution in [2.75, 3.05) is 13.1 Å². The van der Waals surface area contributed by atoms with E-state index in [0.717, 1.165) is 19.6 Å². The molecule has 0 saturated carbocycles. The normalized spacial score (nSPS) is 12.4. The van der Waals surface area contributed by atoms with Gasteiger partial charge in [0.25, 0.3) is 5.82 Å². The number of rotatable bonds is 5. The lowest BCUT2D eigenvalue weighted by molar-refractivity contribution is 0.425. The van der Waals surface area contributed by atoms with E-state index in [4.69, 9.17) is 5.26 Å². The van der Waals surface area contributed by atoms with Crippen LogP contribution in [0.25, 0.3) is 0 Å². The molecule has 76 valence electrons. The van der Waals surface area contributed by atoms with Crippen LogP contribution in [0, 0.1) is 17.2 Å². The van der Waals surface area contributed by atoms with Crippen LogP contribution in [0.1, 0.15) is 19.7 Å². The molecule has 1 atom stereocenters. The Hall–Kier alpha value is -1.41. The quantitative estimate of drug-likeness (QED) is 0.734. The van der Waals surface area contributed by atoms with E-state index in [9.17, 15) is 0 Å². The second-order valence-corrected chi connectivity index (χ2v) is 3.31. The number of hydrogen-bond acceptors (Lipinski definition) is 4. The number of nitriles is 1. The fourth-order valence-corrected chi connectivity index (χ4v) is 1.21. The van der Waals surface area contributed by atoms with E-state index in [1.807, 2.05) is 6.07 Å². The van der Waals surface area contributed by atoms with Crippen LogP contribution in [0.5, 0.6) is 0 Å². The Morgan fingerprint density at radius 3 is 3.07 bits per heavy atom. The SMILES string of the molecule is CCNCC(C)Cn1cnc(C#N)n1. The topological polar surface area (TPSA) is 66.5 Å². The first-order chi connectivity index (χ1) is 6.76. The first-order valence-electron chi connectivity index (χ1n) is 4.76. The molecule has 5 nitrogen and oxygen atoms in total. The summed E-state index contributed by atoms with van der Waals surface area (Å²) in [7, 11) is 0. The van der Waals surface area contributed by atoms with Gasteiger partial charge in [-0.3, -0.25) is 4.68 Å². The van der Waals surface area contributed by atoms with Gasteiger partial charge in [-0.15, -0.1) is 5.10 Å². The van der Waals surface area contributed by atoms with Gasteiger partial charge in [0.15, 0.2) is 0 Å². The molecule has 1 aromatic heterocycles. The molecule has 1 heterocycles. The van der Waals surface area contributed by atoms with Gasteiger partial charge in [-0.1, -0.05) is 13.8 Å². The Labute approximate surface area is 83.8 Å². The van der Waals surface area contributed by atoms with E-state index in [1.54, 1.807) is 11.0 Å². The first kappa shape index (κ1) is 10.7. The van der Waals surface area contributed by atoms with Crippen LogP contribution in [0.2, 0.25) is 0 Å². The highest BCUT2D eigenvalue weighted by Crippen LogP contribution is 1.97. The molecule has 0 aliphatic rings. The standard InChI is InChI=1S/C9H15N5/c1-3-11-5-8(2)6-14-7-12-9(4-10)13-14/h7-8,11H,3,5-6H2,1-2H3. The van der Waals surface area contributed by atoms with Crippen molar-refractivity contribution in [2.24, 2.45) is 5.92 Å². The van der Waals surface area contributed by atoms with Gasteiger partial charge in [-0.2, -0.15) is 5.26 Å².